The van der Waals surface area contributed by atoms with Crippen LogP contribution in [0.3, 0.4) is 0 Å². The average molecular weight is 338 g/mol. The second-order valence-corrected chi connectivity index (χ2v) is 8.39. The molecule has 0 aromatic carbocycles. The van der Waals surface area contributed by atoms with Gasteiger partial charge < -0.3 is 20.1 Å². The van der Waals surface area contributed by atoms with Gasteiger partial charge in [-0.2, -0.15) is 0 Å². The van der Waals surface area contributed by atoms with Gasteiger partial charge in [-0.15, -0.1) is 0 Å². The average Bonchev–Trinajstić information content (AvgIpc) is 2.64. The van der Waals surface area contributed by atoms with Crippen molar-refractivity contribution in [3.63, 3.8) is 0 Å². The Morgan fingerprint density at radius 2 is 1.83 bits per heavy atom. The van der Waals surface area contributed by atoms with Gasteiger partial charge in [0.15, 0.2) is 0 Å². The molecule has 2 aliphatic rings. The van der Waals surface area contributed by atoms with Gasteiger partial charge in [0.05, 0.1) is 29.5 Å². The smallest absolute Gasteiger partial charge is 0.0917 e. The molecule has 24 heavy (non-hydrogen) atoms. The maximum atomic E-state index is 11.1. The predicted molar refractivity (Wildman–Crippen MR) is 95.7 cm³/mol. The van der Waals surface area contributed by atoms with Crippen molar-refractivity contribution in [3.05, 3.63) is 23.8 Å². The second kappa shape index (κ2) is 7.28. The van der Waals surface area contributed by atoms with E-state index < -0.39 is 22.9 Å². The molecule has 2 rings (SSSR count). The third-order valence-corrected chi connectivity index (χ3v) is 5.87. The first-order valence-corrected chi connectivity index (χ1v) is 9.21. The van der Waals surface area contributed by atoms with Gasteiger partial charge in [-0.3, -0.25) is 0 Å². The lowest BCUT2D eigenvalue weighted by molar-refractivity contribution is -0.114. The van der Waals surface area contributed by atoms with Crippen LogP contribution in [-0.2, 0) is 4.74 Å². The summed E-state index contributed by atoms with van der Waals surface area (Å²) in [4.78, 5) is 0. The highest BCUT2D eigenvalue weighted by molar-refractivity contribution is 5.13. The fourth-order valence-electron chi connectivity index (χ4n) is 3.44. The molecule has 0 radical (unpaired) electrons. The molecule has 0 unspecified atom stereocenters. The number of fused-ring (bicyclic) bond motifs is 3. The Morgan fingerprint density at radius 1 is 1.12 bits per heavy atom. The van der Waals surface area contributed by atoms with Crippen LogP contribution in [0.4, 0.5) is 0 Å². The molecule has 4 atom stereocenters. The number of hydrogen-bond acceptors (Lipinski definition) is 4. The Balaban J connectivity index is 2.34. The van der Waals surface area contributed by atoms with Gasteiger partial charge in [-0.05, 0) is 63.9 Å². The maximum absolute atomic E-state index is 11.1. The van der Waals surface area contributed by atoms with Crippen LogP contribution in [0.1, 0.15) is 66.2 Å². The van der Waals surface area contributed by atoms with Crippen LogP contribution in [0.2, 0.25) is 0 Å². The van der Waals surface area contributed by atoms with Gasteiger partial charge in [0.1, 0.15) is 0 Å². The SMILES string of the molecule is CC(C)[C@]1(O)/C=C/[C@@](C)(O)CC/C=C2/CC[C@H](O)[C@@](C)(CC1)OC2. The molecule has 2 bridgehead atoms. The number of hydrogen-bond donors (Lipinski definition) is 3. The molecule has 1 fully saturated rings. The van der Waals surface area contributed by atoms with Gasteiger partial charge in [-0.1, -0.05) is 32.1 Å². The molecule has 2 aliphatic heterocycles. The molecular formula is C20H34O4. The molecule has 0 amide bonds. The molecule has 1 saturated heterocycles. The Kier molecular flexibility index (Phi) is 5.96. The number of aliphatic hydroxyl groups excluding tert-OH is 1. The van der Waals surface area contributed by atoms with E-state index in [-0.39, 0.29) is 5.92 Å². The number of aliphatic hydroxyl groups is 3. The van der Waals surface area contributed by atoms with E-state index in [9.17, 15) is 15.3 Å². The highest BCUT2D eigenvalue weighted by Gasteiger charge is 2.40. The first-order valence-electron chi connectivity index (χ1n) is 9.21. The summed E-state index contributed by atoms with van der Waals surface area (Å²) in [6.07, 6.45) is 8.99. The predicted octanol–water partition coefficient (Wildman–Crippen LogP) is 3.11. The third-order valence-electron chi connectivity index (χ3n) is 5.87. The summed E-state index contributed by atoms with van der Waals surface area (Å²) in [5.74, 6) is 0.00915. The van der Waals surface area contributed by atoms with Crippen molar-refractivity contribution in [1.82, 2.24) is 0 Å². The van der Waals surface area contributed by atoms with Crippen LogP contribution >= 0.6 is 0 Å². The summed E-state index contributed by atoms with van der Waals surface area (Å²) in [7, 11) is 0. The largest absolute Gasteiger partial charge is 0.390 e. The molecule has 3 N–H and O–H groups in total. The standard InChI is InChI=1S/C20H34O4/c1-15(2)20(23)12-10-18(3,22)9-5-6-16-7-8-17(21)19(4,11-13-20)24-14-16/h6,10,12,15,17,21-23H,5,7-9,11,13-14H2,1-4H3/b12-10+,16-6-/t17-,18-,19+,20-/m0/s1. The van der Waals surface area contributed by atoms with Crippen molar-refractivity contribution < 1.29 is 20.1 Å². The molecule has 0 aromatic rings. The Labute approximate surface area is 146 Å². The van der Waals surface area contributed by atoms with Gasteiger partial charge >= 0.3 is 0 Å². The minimum atomic E-state index is -1.02. The zero-order valence-corrected chi connectivity index (χ0v) is 15.6. The van der Waals surface area contributed by atoms with E-state index in [0.29, 0.717) is 32.3 Å². The summed E-state index contributed by atoms with van der Waals surface area (Å²) in [5, 5.41) is 32.2. The van der Waals surface area contributed by atoms with Gasteiger partial charge in [0.25, 0.3) is 0 Å². The minimum Gasteiger partial charge on any atom is -0.390 e. The van der Waals surface area contributed by atoms with Gasteiger partial charge in [0, 0.05) is 0 Å². The van der Waals surface area contributed by atoms with Crippen molar-refractivity contribution in [2.24, 2.45) is 5.92 Å². The van der Waals surface area contributed by atoms with E-state index in [0.717, 1.165) is 12.8 Å². The maximum Gasteiger partial charge on any atom is 0.0917 e. The molecule has 0 aliphatic carbocycles. The number of rotatable bonds is 1. The zero-order valence-electron chi connectivity index (χ0n) is 15.6. The quantitative estimate of drug-likeness (QED) is 0.643. The van der Waals surface area contributed by atoms with Crippen molar-refractivity contribution in [3.8, 4) is 0 Å². The molecule has 4 nitrogen and oxygen atoms in total. The van der Waals surface area contributed by atoms with E-state index in [1.807, 2.05) is 20.8 Å². The lowest BCUT2D eigenvalue weighted by atomic mass is 9.79. The number of ether oxygens (including phenoxy) is 1. The highest BCUT2D eigenvalue weighted by atomic mass is 16.5. The van der Waals surface area contributed by atoms with Crippen molar-refractivity contribution in [1.29, 1.82) is 0 Å². The normalized spacial score (nSPS) is 45.5. The summed E-state index contributed by atoms with van der Waals surface area (Å²) < 4.78 is 6.09. The van der Waals surface area contributed by atoms with Crippen molar-refractivity contribution in [2.45, 2.75) is 89.1 Å². The highest BCUT2D eigenvalue weighted by Crippen LogP contribution is 2.36. The summed E-state index contributed by atoms with van der Waals surface area (Å²) in [5.41, 5.74) is -1.42. The zero-order chi connectivity index (χ0) is 18.0. The lowest BCUT2D eigenvalue weighted by Crippen LogP contribution is -2.44. The molecule has 0 spiro atoms. The van der Waals surface area contributed by atoms with Gasteiger partial charge in [0.2, 0.25) is 0 Å². The second-order valence-electron chi connectivity index (χ2n) is 8.39. The van der Waals surface area contributed by atoms with Crippen LogP contribution in [0, 0.1) is 5.92 Å². The molecular weight excluding hydrogens is 304 g/mol. The van der Waals surface area contributed by atoms with E-state index in [4.69, 9.17) is 4.74 Å². The van der Waals surface area contributed by atoms with Crippen molar-refractivity contribution >= 4 is 0 Å². The van der Waals surface area contributed by atoms with Crippen LogP contribution in [-0.4, -0.2) is 44.8 Å². The third kappa shape index (κ3) is 4.69. The van der Waals surface area contributed by atoms with E-state index in [1.54, 1.807) is 19.1 Å². The summed E-state index contributed by atoms with van der Waals surface area (Å²) in [6.45, 7) is 8.20. The first-order chi connectivity index (χ1) is 11.1. The molecule has 0 saturated carbocycles. The lowest BCUT2D eigenvalue weighted by Gasteiger charge is -2.37. The van der Waals surface area contributed by atoms with E-state index in [1.165, 1.54) is 5.57 Å². The van der Waals surface area contributed by atoms with Crippen molar-refractivity contribution in [2.75, 3.05) is 6.61 Å². The minimum absolute atomic E-state index is 0.00915. The first kappa shape index (κ1) is 19.6. The Bertz CT molecular complexity index is 494. The summed E-state index contributed by atoms with van der Waals surface area (Å²) in [6, 6.07) is 0. The fourth-order valence-corrected chi connectivity index (χ4v) is 3.44. The van der Waals surface area contributed by atoms with Gasteiger partial charge in [-0.25, -0.2) is 0 Å². The molecule has 138 valence electrons. The molecule has 0 aromatic heterocycles. The Morgan fingerprint density at radius 3 is 2.50 bits per heavy atom. The van der Waals surface area contributed by atoms with Crippen LogP contribution in [0.25, 0.3) is 0 Å². The summed E-state index contributed by atoms with van der Waals surface area (Å²) >= 11 is 0. The van der Waals surface area contributed by atoms with Crippen LogP contribution in [0.5, 0.6) is 0 Å². The monoisotopic (exact) mass is 338 g/mol. The number of allylic oxidation sites excluding steroid dienone is 1. The molecule has 2 heterocycles. The van der Waals surface area contributed by atoms with Crippen LogP contribution < -0.4 is 0 Å². The van der Waals surface area contributed by atoms with E-state index in [2.05, 4.69) is 6.08 Å². The fraction of sp³-hybridized carbons (Fsp3) is 0.800. The topological polar surface area (TPSA) is 69.9 Å². The van der Waals surface area contributed by atoms with Crippen LogP contribution in [0.15, 0.2) is 23.8 Å². The Hall–Kier alpha value is -0.680. The molecule has 4 heteroatoms. The van der Waals surface area contributed by atoms with E-state index >= 15 is 0 Å².